The molecular weight excluding hydrogens is 490 g/mol. The molecule has 0 saturated carbocycles. The lowest BCUT2D eigenvalue weighted by Gasteiger charge is -2.20. The van der Waals surface area contributed by atoms with E-state index in [1.807, 2.05) is 13.8 Å². The van der Waals surface area contributed by atoms with Gasteiger partial charge in [-0.3, -0.25) is 4.98 Å². The zero-order valence-electron chi connectivity index (χ0n) is 20.1. The summed E-state index contributed by atoms with van der Waals surface area (Å²) in [4.78, 5) is 4.25. The minimum Gasteiger partial charge on any atom is -0.508 e. The second kappa shape index (κ2) is 10.7. The van der Waals surface area contributed by atoms with E-state index in [0.717, 1.165) is 12.1 Å². The quantitative estimate of drug-likeness (QED) is 0.257. The monoisotopic (exact) mass is 515 g/mol. The molecule has 0 aliphatic carbocycles. The molecule has 4 rings (SSSR count). The van der Waals surface area contributed by atoms with Crippen LogP contribution in [0.5, 0.6) is 11.5 Å². The van der Waals surface area contributed by atoms with E-state index in [-0.39, 0.29) is 28.5 Å². The van der Waals surface area contributed by atoms with Gasteiger partial charge in [0.1, 0.15) is 30.0 Å². The number of halogens is 4. The van der Waals surface area contributed by atoms with E-state index in [1.54, 1.807) is 24.3 Å². The fourth-order valence-corrected chi connectivity index (χ4v) is 4.08. The highest BCUT2D eigenvalue weighted by Crippen LogP contribution is 2.40. The predicted molar refractivity (Wildman–Crippen MR) is 131 cm³/mol. The molecule has 4 aromatic rings. The summed E-state index contributed by atoms with van der Waals surface area (Å²) in [7, 11) is 0. The number of aliphatic hydroxyl groups excluding tert-OH is 1. The molecule has 5 nitrogen and oxygen atoms in total. The van der Waals surface area contributed by atoms with Gasteiger partial charge in [0.05, 0.1) is 17.2 Å². The largest absolute Gasteiger partial charge is 0.508 e. The van der Waals surface area contributed by atoms with Crippen LogP contribution in [0.1, 0.15) is 36.6 Å². The minimum atomic E-state index is -4.70. The maximum atomic E-state index is 15.0. The zero-order chi connectivity index (χ0) is 26.7. The number of alkyl halides is 3. The molecule has 0 spiro atoms. The molecule has 3 aromatic carbocycles. The summed E-state index contributed by atoms with van der Waals surface area (Å²) in [5.41, 5.74) is -0.127. The standard InChI is InChI=1S/C28H25F4NO4/c1-3-36-16(2)15-37-20-8-4-17(5-9-20)27(35)26-22-11-7-19(34)13-25(22)33-14-23(26)21-10-6-18(12-24(21)29)28(30,31)32/h4-14,16,27,34-35H,3,15H2,1-2H3. The first-order valence-corrected chi connectivity index (χ1v) is 11.6. The van der Waals surface area contributed by atoms with Gasteiger partial charge in [-0.1, -0.05) is 18.2 Å². The van der Waals surface area contributed by atoms with Crippen LogP contribution in [0.2, 0.25) is 0 Å². The van der Waals surface area contributed by atoms with Crippen molar-refractivity contribution < 1.29 is 37.2 Å². The zero-order valence-corrected chi connectivity index (χ0v) is 20.1. The number of ether oxygens (including phenoxy) is 2. The van der Waals surface area contributed by atoms with Crippen molar-refractivity contribution in [1.82, 2.24) is 4.98 Å². The fraction of sp³-hybridized carbons (Fsp3) is 0.250. The first-order chi connectivity index (χ1) is 17.6. The molecule has 2 atom stereocenters. The molecule has 9 heteroatoms. The number of nitrogens with zero attached hydrogens (tertiary/aromatic N) is 1. The molecule has 0 aliphatic heterocycles. The van der Waals surface area contributed by atoms with Crippen LogP contribution in [0.4, 0.5) is 17.6 Å². The van der Waals surface area contributed by atoms with Crippen molar-refractivity contribution in [3.8, 4) is 22.6 Å². The van der Waals surface area contributed by atoms with Crippen LogP contribution in [0.15, 0.2) is 66.9 Å². The average molecular weight is 516 g/mol. The van der Waals surface area contributed by atoms with Crippen LogP contribution in [-0.2, 0) is 10.9 Å². The Bertz CT molecular complexity index is 1390. The molecule has 1 aromatic heterocycles. The van der Waals surface area contributed by atoms with Gasteiger partial charge in [-0.2, -0.15) is 13.2 Å². The molecule has 2 N–H and O–H groups in total. The molecule has 0 fully saturated rings. The second-order valence-corrected chi connectivity index (χ2v) is 8.53. The van der Waals surface area contributed by atoms with Gasteiger partial charge in [0.25, 0.3) is 0 Å². The van der Waals surface area contributed by atoms with E-state index < -0.39 is 23.7 Å². The Morgan fingerprint density at radius 2 is 1.70 bits per heavy atom. The average Bonchev–Trinajstić information content (AvgIpc) is 2.86. The molecule has 194 valence electrons. The maximum Gasteiger partial charge on any atom is 0.416 e. The van der Waals surface area contributed by atoms with E-state index in [1.165, 1.54) is 24.4 Å². The fourth-order valence-electron chi connectivity index (χ4n) is 4.08. The summed E-state index contributed by atoms with van der Waals surface area (Å²) in [6.07, 6.45) is -4.82. The van der Waals surface area contributed by atoms with Gasteiger partial charge in [0.2, 0.25) is 0 Å². The lowest BCUT2D eigenvalue weighted by atomic mass is 9.90. The molecule has 0 amide bonds. The van der Waals surface area contributed by atoms with E-state index in [2.05, 4.69) is 4.98 Å². The van der Waals surface area contributed by atoms with E-state index >= 15 is 0 Å². The molecule has 37 heavy (non-hydrogen) atoms. The summed E-state index contributed by atoms with van der Waals surface area (Å²) in [6.45, 7) is 4.68. The Balaban J connectivity index is 1.76. The summed E-state index contributed by atoms with van der Waals surface area (Å²) < 4.78 is 65.4. The van der Waals surface area contributed by atoms with E-state index in [4.69, 9.17) is 9.47 Å². The maximum absolute atomic E-state index is 15.0. The molecule has 0 bridgehead atoms. The lowest BCUT2D eigenvalue weighted by molar-refractivity contribution is -0.137. The minimum absolute atomic E-state index is 0.0586. The number of aliphatic hydroxyl groups is 1. The Morgan fingerprint density at radius 3 is 2.35 bits per heavy atom. The highest BCUT2D eigenvalue weighted by molar-refractivity contribution is 5.90. The van der Waals surface area contributed by atoms with Crippen molar-refractivity contribution in [3.63, 3.8) is 0 Å². The molecule has 0 radical (unpaired) electrons. The highest BCUT2D eigenvalue weighted by atomic mass is 19.4. The Labute approximate surface area is 210 Å². The third-order valence-electron chi connectivity index (χ3n) is 5.89. The van der Waals surface area contributed by atoms with Crippen molar-refractivity contribution in [3.05, 3.63) is 89.4 Å². The molecule has 2 unspecified atom stereocenters. The normalized spacial score (nSPS) is 13.5. The number of hydrogen-bond acceptors (Lipinski definition) is 5. The van der Waals surface area contributed by atoms with Crippen LogP contribution < -0.4 is 4.74 Å². The first-order valence-electron chi connectivity index (χ1n) is 11.6. The van der Waals surface area contributed by atoms with Gasteiger partial charge in [0, 0.05) is 40.9 Å². The van der Waals surface area contributed by atoms with Gasteiger partial charge in [-0.25, -0.2) is 4.39 Å². The van der Waals surface area contributed by atoms with Gasteiger partial charge in [-0.05, 0) is 55.8 Å². The molecule has 0 aliphatic rings. The molecule has 0 saturated heterocycles. The van der Waals surface area contributed by atoms with Crippen LogP contribution in [0.25, 0.3) is 22.0 Å². The molecule has 1 heterocycles. The number of benzene rings is 3. The number of aromatic nitrogens is 1. The smallest absolute Gasteiger partial charge is 0.416 e. The van der Waals surface area contributed by atoms with Crippen molar-refractivity contribution in [2.75, 3.05) is 13.2 Å². The molecular formula is C28H25F4NO4. The Morgan fingerprint density at radius 1 is 0.973 bits per heavy atom. The lowest BCUT2D eigenvalue weighted by Crippen LogP contribution is -2.17. The first kappa shape index (κ1) is 26.4. The summed E-state index contributed by atoms with van der Waals surface area (Å²) in [6, 6.07) is 13.2. The number of aromatic hydroxyl groups is 1. The number of pyridine rings is 1. The van der Waals surface area contributed by atoms with Crippen molar-refractivity contribution in [1.29, 1.82) is 0 Å². The SMILES string of the molecule is CCOC(C)COc1ccc(C(O)c2c(-c3ccc(C(F)(F)F)cc3F)cnc3cc(O)ccc23)cc1. The van der Waals surface area contributed by atoms with Crippen LogP contribution in [-0.4, -0.2) is 34.5 Å². The number of phenols is 1. The third-order valence-corrected chi connectivity index (χ3v) is 5.89. The van der Waals surface area contributed by atoms with Crippen LogP contribution in [0, 0.1) is 5.82 Å². The predicted octanol–water partition coefficient (Wildman–Crippen LogP) is 6.65. The Hall–Kier alpha value is -3.69. The summed E-state index contributed by atoms with van der Waals surface area (Å²) >= 11 is 0. The van der Waals surface area contributed by atoms with Gasteiger partial charge < -0.3 is 19.7 Å². The number of fused-ring (bicyclic) bond motifs is 1. The van der Waals surface area contributed by atoms with Gasteiger partial charge in [-0.15, -0.1) is 0 Å². The van der Waals surface area contributed by atoms with Crippen LogP contribution >= 0.6 is 0 Å². The van der Waals surface area contributed by atoms with Gasteiger partial charge >= 0.3 is 6.18 Å². The van der Waals surface area contributed by atoms with Gasteiger partial charge in [0.15, 0.2) is 0 Å². The van der Waals surface area contributed by atoms with Crippen molar-refractivity contribution in [2.45, 2.75) is 32.2 Å². The van der Waals surface area contributed by atoms with E-state index in [0.29, 0.717) is 41.5 Å². The highest BCUT2D eigenvalue weighted by Gasteiger charge is 2.32. The van der Waals surface area contributed by atoms with E-state index in [9.17, 15) is 27.8 Å². The number of hydrogen-bond donors (Lipinski definition) is 2. The third kappa shape index (κ3) is 5.84. The number of rotatable bonds is 8. The second-order valence-electron chi connectivity index (χ2n) is 8.53. The number of phenolic OH excluding ortho intramolecular Hbond substituents is 1. The Kier molecular flexibility index (Phi) is 7.65. The summed E-state index contributed by atoms with van der Waals surface area (Å²) in [5.74, 6) is -0.604. The van der Waals surface area contributed by atoms with Crippen LogP contribution in [0.3, 0.4) is 0 Å². The van der Waals surface area contributed by atoms with Crippen molar-refractivity contribution in [2.24, 2.45) is 0 Å². The topological polar surface area (TPSA) is 71.8 Å². The van der Waals surface area contributed by atoms with Crippen molar-refractivity contribution >= 4 is 10.9 Å². The summed E-state index contributed by atoms with van der Waals surface area (Å²) in [5, 5.41) is 21.7.